The number of benzene rings is 1. The Morgan fingerprint density at radius 1 is 1.36 bits per heavy atom. The van der Waals surface area contributed by atoms with Crippen LogP contribution in [0.25, 0.3) is 10.9 Å². The summed E-state index contributed by atoms with van der Waals surface area (Å²) >= 11 is 0. The second kappa shape index (κ2) is 7.02. The maximum atomic E-state index is 12.3. The molecule has 1 aromatic carbocycles. The summed E-state index contributed by atoms with van der Waals surface area (Å²) < 4.78 is 1.49. The number of nitrogens with zero attached hydrogens (tertiary/aromatic N) is 3. The lowest BCUT2D eigenvalue weighted by atomic mass is 10.2. The average molecular weight is 299 g/mol. The third-order valence-electron chi connectivity index (χ3n) is 3.49. The van der Waals surface area contributed by atoms with Crippen LogP contribution in [0.15, 0.2) is 47.5 Å². The van der Waals surface area contributed by atoms with Gasteiger partial charge in [0.25, 0.3) is 5.56 Å². The van der Waals surface area contributed by atoms with E-state index >= 15 is 0 Å². The van der Waals surface area contributed by atoms with E-state index in [0.29, 0.717) is 30.5 Å². The van der Waals surface area contributed by atoms with Gasteiger partial charge in [0.2, 0.25) is 5.91 Å². The predicted molar refractivity (Wildman–Crippen MR) is 87.7 cm³/mol. The van der Waals surface area contributed by atoms with Crippen LogP contribution in [-0.2, 0) is 11.3 Å². The molecule has 0 fully saturated rings. The van der Waals surface area contributed by atoms with Crippen molar-refractivity contribution in [1.82, 2.24) is 14.5 Å². The highest BCUT2D eigenvalue weighted by molar-refractivity contribution is 5.77. The fourth-order valence-electron chi connectivity index (χ4n) is 2.34. The van der Waals surface area contributed by atoms with Crippen LogP contribution >= 0.6 is 0 Å². The van der Waals surface area contributed by atoms with E-state index in [9.17, 15) is 9.59 Å². The first-order chi connectivity index (χ1) is 10.5. The van der Waals surface area contributed by atoms with Crippen molar-refractivity contribution in [3.8, 4) is 0 Å². The number of para-hydroxylation sites is 1. The van der Waals surface area contributed by atoms with Crippen LogP contribution in [0.5, 0.6) is 0 Å². The molecule has 5 nitrogen and oxygen atoms in total. The molecular weight excluding hydrogens is 278 g/mol. The molecule has 1 aromatic heterocycles. The first-order valence-corrected chi connectivity index (χ1v) is 7.39. The minimum Gasteiger partial charge on any atom is -0.339 e. The lowest BCUT2D eigenvalue weighted by molar-refractivity contribution is -0.130. The molecule has 0 spiro atoms. The number of fused-ring (bicyclic) bond motifs is 1. The van der Waals surface area contributed by atoms with Gasteiger partial charge in [-0.2, -0.15) is 0 Å². The minimum absolute atomic E-state index is 0.0190. The van der Waals surface area contributed by atoms with E-state index in [4.69, 9.17) is 0 Å². The smallest absolute Gasteiger partial charge is 0.261 e. The molecule has 0 bridgehead atoms. The van der Waals surface area contributed by atoms with Crippen LogP contribution in [0.1, 0.15) is 20.3 Å². The second-order valence-electron chi connectivity index (χ2n) is 5.38. The van der Waals surface area contributed by atoms with Crippen LogP contribution in [-0.4, -0.2) is 33.4 Å². The first-order valence-electron chi connectivity index (χ1n) is 7.39. The van der Waals surface area contributed by atoms with Crippen LogP contribution < -0.4 is 5.56 Å². The number of aryl methyl sites for hydroxylation is 1. The van der Waals surface area contributed by atoms with E-state index in [2.05, 4.69) is 11.6 Å². The molecule has 1 heterocycles. The lowest BCUT2D eigenvalue weighted by Gasteiger charge is -2.21. The molecule has 116 valence electrons. The van der Waals surface area contributed by atoms with Gasteiger partial charge in [-0.25, -0.2) is 4.98 Å². The number of rotatable bonds is 6. The zero-order chi connectivity index (χ0) is 16.1. The van der Waals surface area contributed by atoms with Crippen molar-refractivity contribution >= 4 is 16.8 Å². The maximum Gasteiger partial charge on any atom is 0.261 e. The number of likely N-dealkylation sites (N-methyl/N-ethyl adjacent to an activating group) is 1. The van der Waals surface area contributed by atoms with Gasteiger partial charge in [0, 0.05) is 26.1 Å². The first kappa shape index (κ1) is 15.9. The Balaban J connectivity index is 2.11. The predicted octanol–water partition coefficient (Wildman–Crippen LogP) is 2.21. The topological polar surface area (TPSA) is 55.2 Å². The lowest BCUT2D eigenvalue weighted by Crippen LogP contribution is -2.33. The second-order valence-corrected chi connectivity index (χ2v) is 5.38. The molecule has 2 aromatic rings. The number of hydrogen-bond donors (Lipinski definition) is 0. The molecule has 0 unspecified atom stereocenters. The fourth-order valence-corrected chi connectivity index (χ4v) is 2.34. The molecule has 0 aliphatic rings. The summed E-state index contributed by atoms with van der Waals surface area (Å²) in [5.41, 5.74) is 1.51. The zero-order valence-electron chi connectivity index (χ0n) is 13.1. The Kier molecular flexibility index (Phi) is 5.09. The summed E-state index contributed by atoms with van der Waals surface area (Å²) in [6.07, 6.45) is 1.79. The van der Waals surface area contributed by atoms with E-state index in [0.717, 1.165) is 5.57 Å². The molecule has 1 amide bonds. The van der Waals surface area contributed by atoms with Gasteiger partial charge in [0.05, 0.1) is 17.2 Å². The SMILES string of the molecule is C=C(C)CN(CC)C(=O)CCn1cnc2ccccc2c1=O. The molecule has 0 atom stereocenters. The van der Waals surface area contributed by atoms with E-state index in [1.54, 1.807) is 17.0 Å². The molecule has 0 N–H and O–H groups in total. The van der Waals surface area contributed by atoms with Crippen molar-refractivity contribution in [3.05, 3.63) is 53.1 Å². The summed E-state index contributed by atoms with van der Waals surface area (Å²) in [5.74, 6) is 0.0190. The monoisotopic (exact) mass is 299 g/mol. The van der Waals surface area contributed by atoms with Gasteiger partial charge < -0.3 is 4.90 Å². The summed E-state index contributed by atoms with van der Waals surface area (Å²) in [6, 6.07) is 7.21. The summed E-state index contributed by atoms with van der Waals surface area (Å²) in [5, 5.41) is 0.576. The molecule has 0 saturated carbocycles. The van der Waals surface area contributed by atoms with Gasteiger partial charge in [0.15, 0.2) is 0 Å². The van der Waals surface area contributed by atoms with Gasteiger partial charge in [-0.05, 0) is 26.0 Å². The highest BCUT2D eigenvalue weighted by Gasteiger charge is 2.12. The third kappa shape index (κ3) is 3.61. The summed E-state index contributed by atoms with van der Waals surface area (Å²) in [6.45, 7) is 9.19. The van der Waals surface area contributed by atoms with E-state index in [-0.39, 0.29) is 17.9 Å². The third-order valence-corrected chi connectivity index (χ3v) is 3.49. The van der Waals surface area contributed by atoms with Crippen LogP contribution in [0.2, 0.25) is 0 Å². The summed E-state index contributed by atoms with van der Waals surface area (Å²) in [4.78, 5) is 30.5. The van der Waals surface area contributed by atoms with Crippen LogP contribution in [0.3, 0.4) is 0 Å². The number of hydrogen-bond acceptors (Lipinski definition) is 3. The molecular formula is C17H21N3O2. The number of aromatic nitrogens is 2. The maximum absolute atomic E-state index is 12.3. The van der Waals surface area contributed by atoms with Crippen molar-refractivity contribution in [1.29, 1.82) is 0 Å². The van der Waals surface area contributed by atoms with Crippen molar-refractivity contribution in [3.63, 3.8) is 0 Å². The zero-order valence-corrected chi connectivity index (χ0v) is 13.1. The van der Waals surface area contributed by atoms with Gasteiger partial charge in [-0.1, -0.05) is 24.3 Å². The molecule has 2 rings (SSSR count). The van der Waals surface area contributed by atoms with E-state index in [1.807, 2.05) is 26.0 Å². The van der Waals surface area contributed by atoms with Gasteiger partial charge in [-0.15, -0.1) is 0 Å². The van der Waals surface area contributed by atoms with Crippen LogP contribution in [0, 0.1) is 0 Å². The number of carbonyl (C=O) groups is 1. The van der Waals surface area contributed by atoms with Crippen LogP contribution in [0.4, 0.5) is 0 Å². The molecule has 22 heavy (non-hydrogen) atoms. The molecule has 0 aliphatic heterocycles. The van der Waals surface area contributed by atoms with Crippen molar-refractivity contribution in [2.24, 2.45) is 0 Å². The Morgan fingerprint density at radius 2 is 2.09 bits per heavy atom. The Hall–Kier alpha value is -2.43. The van der Waals surface area contributed by atoms with Gasteiger partial charge in [0.1, 0.15) is 0 Å². The Labute approximate surface area is 129 Å². The Bertz CT molecular complexity index is 749. The number of carbonyl (C=O) groups excluding carboxylic acids is 1. The van der Waals surface area contributed by atoms with Crippen molar-refractivity contribution in [2.45, 2.75) is 26.8 Å². The highest BCUT2D eigenvalue weighted by Crippen LogP contribution is 2.05. The van der Waals surface area contributed by atoms with E-state index in [1.165, 1.54) is 10.9 Å². The van der Waals surface area contributed by atoms with Crippen molar-refractivity contribution in [2.75, 3.05) is 13.1 Å². The molecule has 0 radical (unpaired) electrons. The standard InChI is InChI=1S/C17H21N3O2/c1-4-19(11-13(2)3)16(21)9-10-20-12-18-15-8-6-5-7-14(15)17(20)22/h5-8,12H,2,4,9-11H2,1,3H3. The quantitative estimate of drug-likeness (QED) is 0.768. The molecule has 0 saturated heterocycles. The van der Waals surface area contributed by atoms with Gasteiger partial charge >= 0.3 is 0 Å². The largest absolute Gasteiger partial charge is 0.339 e. The normalized spacial score (nSPS) is 10.6. The minimum atomic E-state index is -0.110. The summed E-state index contributed by atoms with van der Waals surface area (Å²) in [7, 11) is 0. The Morgan fingerprint density at radius 3 is 2.77 bits per heavy atom. The van der Waals surface area contributed by atoms with Crippen molar-refractivity contribution < 1.29 is 4.79 Å². The number of amides is 1. The molecule has 5 heteroatoms. The molecule has 0 aliphatic carbocycles. The average Bonchev–Trinajstić information content (AvgIpc) is 2.51. The highest BCUT2D eigenvalue weighted by atomic mass is 16.2. The fraction of sp³-hybridized carbons (Fsp3) is 0.353. The van der Waals surface area contributed by atoms with E-state index < -0.39 is 0 Å². The van der Waals surface area contributed by atoms with Gasteiger partial charge in [-0.3, -0.25) is 14.2 Å².